The molecule has 3 aromatic rings. The lowest BCUT2D eigenvalue weighted by Crippen LogP contribution is -2.25. The van der Waals surface area contributed by atoms with Crippen molar-refractivity contribution >= 4 is 42.8 Å². The van der Waals surface area contributed by atoms with Gasteiger partial charge in [0, 0.05) is 22.6 Å². The summed E-state index contributed by atoms with van der Waals surface area (Å²) in [6.45, 7) is 0.0283. The number of nitrogens with one attached hydrogen (secondary N) is 1. The number of carboxylic acids is 1. The second kappa shape index (κ2) is 6.91. The molecule has 0 atom stereocenters. The summed E-state index contributed by atoms with van der Waals surface area (Å²) in [5, 5.41) is 10.1. The van der Waals surface area contributed by atoms with E-state index < -0.39 is 16.0 Å². The average molecular weight is 421 g/mol. The first kappa shape index (κ1) is 17.5. The van der Waals surface area contributed by atoms with Gasteiger partial charge in [-0.2, -0.15) is 0 Å². The van der Waals surface area contributed by atoms with E-state index in [0.29, 0.717) is 4.47 Å². The van der Waals surface area contributed by atoms with Crippen LogP contribution >= 0.6 is 15.9 Å². The molecule has 1 heterocycles. The van der Waals surface area contributed by atoms with Gasteiger partial charge in [0.1, 0.15) is 0 Å². The topological polar surface area (TPSA) is 96.4 Å². The van der Waals surface area contributed by atoms with Gasteiger partial charge in [-0.25, -0.2) is 17.9 Å². The molecular formula is C17H13BrN2O4S. The highest BCUT2D eigenvalue weighted by molar-refractivity contribution is 9.10. The fraction of sp³-hybridized carbons (Fsp3) is 0.0588. The van der Waals surface area contributed by atoms with E-state index >= 15 is 0 Å². The Labute approximate surface area is 152 Å². The van der Waals surface area contributed by atoms with Crippen LogP contribution in [0, 0.1) is 0 Å². The van der Waals surface area contributed by atoms with Crippen LogP contribution in [-0.4, -0.2) is 24.5 Å². The van der Waals surface area contributed by atoms with Crippen molar-refractivity contribution in [2.24, 2.45) is 0 Å². The van der Waals surface area contributed by atoms with Crippen molar-refractivity contribution in [2.75, 3.05) is 0 Å². The predicted octanol–water partition coefficient (Wildman–Crippen LogP) is 3.17. The number of sulfonamides is 1. The minimum atomic E-state index is -3.99. The van der Waals surface area contributed by atoms with Gasteiger partial charge in [0.05, 0.1) is 16.0 Å². The summed E-state index contributed by atoms with van der Waals surface area (Å²) in [5.74, 6) is -1.31. The minimum absolute atomic E-state index is 0.0283. The molecule has 0 radical (unpaired) electrons. The summed E-state index contributed by atoms with van der Waals surface area (Å²) in [4.78, 5) is 15.3. The zero-order valence-electron chi connectivity index (χ0n) is 12.8. The van der Waals surface area contributed by atoms with Crippen LogP contribution in [0.4, 0.5) is 0 Å². The molecule has 8 heteroatoms. The van der Waals surface area contributed by atoms with Crippen LogP contribution in [0.5, 0.6) is 0 Å². The summed E-state index contributed by atoms with van der Waals surface area (Å²) in [6, 6.07) is 13.1. The number of rotatable bonds is 5. The van der Waals surface area contributed by atoms with E-state index in [-0.39, 0.29) is 17.0 Å². The number of carbonyl (C=O) groups is 1. The molecule has 0 bridgehead atoms. The Hall–Kier alpha value is -2.29. The Kier molecular flexibility index (Phi) is 4.85. The molecule has 0 aliphatic rings. The molecule has 6 nitrogen and oxygen atoms in total. The van der Waals surface area contributed by atoms with Crippen LogP contribution in [0.1, 0.15) is 15.9 Å². The first-order valence-corrected chi connectivity index (χ1v) is 9.51. The smallest absolute Gasteiger partial charge is 0.337 e. The summed E-state index contributed by atoms with van der Waals surface area (Å²) < 4.78 is 28.1. The monoisotopic (exact) mass is 420 g/mol. The Bertz CT molecular complexity index is 1060. The second-order valence-corrected chi connectivity index (χ2v) is 7.91. The maximum atomic E-state index is 12.6. The SMILES string of the molecule is O=C(O)c1cc(Br)ccc1S(=O)(=O)NCc1ccnc2ccccc12. The number of para-hydroxylation sites is 1. The van der Waals surface area contributed by atoms with Gasteiger partial charge in [0.2, 0.25) is 10.0 Å². The van der Waals surface area contributed by atoms with Gasteiger partial charge in [-0.1, -0.05) is 34.1 Å². The van der Waals surface area contributed by atoms with E-state index in [0.717, 1.165) is 16.5 Å². The zero-order valence-corrected chi connectivity index (χ0v) is 15.2. The number of hydrogen-bond acceptors (Lipinski definition) is 4. The maximum Gasteiger partial charge on any atom is 0.337 e. The molecule has 0 aliphatic heterocycles. The summed E-state index contributed by atoms with van der Waals surface area (Å²) in [6.07, 6.45) is 1.61. The third-order valence-electron chi connectivity index (χ3n) is 3.65. The first-order valence-electron chi connectivity index (χ1n) is 7.23. The molecule has 25 heavy (non-hydrogen) atoms. The van der Waals surface area contributed by atoms with Crippen molar-refractivity contribution in [1.82, 2.24) is 9.71 Å². The van der Waals surface area contributed by atoms with E-state index in [1.165, 1.54) is 18.2 Å². The Morgan fingerprint density at radius 2 is 1.92 bits per heavy atom. The molecule has 0 spiro atoms. The zero-order chi connectivity index (χ0) is 18.0. The molecule has 3 rings (SSSR count). The summed E-state index contributed by atoms with van der Waals surface area (Å²) >= 11 is 3.15. The molecule has 0 saturated heterocycles. The van der Waals surface area contributed by atoms with Crippen LogP contribution in [0.15, 0.2) is 64.1 Å². The first-order chi connectivity index (χ1) is 11.9. The van der Waals surface area contributed by atoms with Crippen molar-refractivity contribution in [3.63, 3.8) is 0 Å². The third-order valence-corrected chi connectivity index (χ3v) is 5.61. The Morgan fingerprint density at radius 3 is 2.68 bits per heavy atom. The van der Waals surface area contributed by atoms with Crippen LogP contribution in [0.25, 0.3) is 10.9 Å². The fourth-order valence-electron chi connectivity index (χ4n) is 2.46. The van der Waals surface area contributed by atoms with Crippen LogP contribution in [0.2, 0.25) is 0 Å². The molecule has 0 unspecified atom stereocenters. The minimum Gasteiger partial charge on any atom is -0.478 e. The number of aromatic carboxylic acids is 1. The Morgan fingerprint density at radius 1 is 1.16 bits per heavy atom. The van der Waals surface area contributed by atoms with Gasteiger partial charge in [-0.05, 0) is 35.9 Å². The Balaban J connectivity index is 1.94. The van der Waals surface area contributed by atoms with Crippen LogP contribution in [0.3, 0.4) is 0 Å². The molecule has 2 aromatic carbocycles. The van der Waals surface area contributed by atoms with Gasteiger partial charge < -0.3 is 5.11 Å². The maximum absolute atomic E-state index is 12.6. The quantitative estimate of drug-likeness (QED) is 0.660. The number of carboxylic acid groups (broad SMARTS) is 1. The number of hydrogen-bond donors (Lipinski definition) is 2. The predicted molar refractivity (Wildman–Crippen MR) is 96.9 cm³/mol. The van der Waals surface area contributed by atoms with Gasteiger partial charge in [-0.3, -0.25) is 4.98 Å². The van der Waals surface area contributed by atoms with E-state index in [2.05, 4.69) is 25.6 Å². The van der Waals surface area contributed by atoms with Crippen molar-refractivity contribution in [1.29, 1.82) is 0 Å². The summed E-state index contributed by atoms with van der Waals surface area (Å²) in [5.41, 5.74) is 1.22. The standard InChI is InChI=1S/C17H13BrN2O4S/c18-12-5-6-16(14(9-12)17(21)22)25(23,24)20-10-11-7-8-19-15-4-2-1-3-13(11)15/h1-9,20H,10H2,(H,21,22). The van der Waals surface area contributed by atoms with Gasteiger partial charge in [0.25, 0.3) is 0 Å². The van der Waals surface area contributed by atoms with E-state index in [4.69, 9.17) is 0 Å². The fourth-order valence-corrected chi connectivity index (χ4v) is 4.01. The van der Waals surface area contributed by atoms with E-state index in [1.54, 1.807) is 12.3 Å². The molecule has 0 fully saturated rings. The molecular weight excluding hydrogens is 408 g/mol. The molecule has 0 aliphatic carbocycles. The van der Waals surface area contributed by atoms with Gasteiger partial charge in [-0.15, -0.1) is 0 Å². The molecule has 2 N–H and O–H groups in total. The number of pyridine rings is 1. The lowest BCUT2D eigenvalue weighted by atomic mass is 10.1. The number of benzene rings is 2. The number of nitrogens with zero attached hydrogens (tertiary/aromatic N) is 1. The van der Waals surface area contributed by atoms with Crippen LogP contribution < -0.4 is 4.72 Å². The molecule has 1 aromatic heterocycles. The second-order valence-electron chi connectivity index (χ2n) is 5.26. The van der Waals surface area contributed by atoms with Crippen molar-refractivity contribution in [3.05, 3.63) is 70.3 Å². The largest absolute Gasteiger partial charge is 0.478 e. The van der Waals surface area contributed by atoms with E-state index in [1.807, 2.05) is 24.3 Å². The summed E-state index contributed by atoms with van der Waals surface area (Å²) in [7, 11) is -3.99. The lowest BCUT2D eigenvalue weighted by Gasteiger charge is -2.11. The van der Waals surface area contributed by atoms with Crippen LogP contribution in [-0.2, 0) is 16.6 Å². The number of aromatic nitrogens is 1. The van der Waals surface area contributed by atoms with Gasteiger partial charge >= 0.3 is 5.97 Å². The van der Waals surface area contributed by atoms with Crippen molar-refractivity contribution < 1.29 is 18.3 Å². The lowest BCUT2D eigenvalue weighted by molar-refractivity contribution is 0.0692. The highest BCUT2D eigenvalue weighted by Crippen LogP contribution is 2.22. The molecule has 128 valence electrons. The van der Waals surface area contributed by atoms with E-state index in [9.17, 15) is 18.3 Å². The number of fused-ring (bicyclic) bond motifs is 1. The number of halogens is 1. The molecule has 0 amide bonds. The van der Waals surface area contributed by atoms with Crippen molar-refractivity contribution in [2.45, 2.75) is 11.4 Å². The highest BCUT2D eigenvalue weighted by Gasteiger charge is 2.22. The van der Waals surface area contributed by atoms with Crippen molar-refractivity contribution in [3.8, 4) is 0 Å². The normalized spacial score (nSPS) is 11.6. The molecule has 0 saturated carbocycles. The highest BCUT2D eigenvalue weighted by atomic mass is 79.9. The average Bonchev–Trinajstić information content (AvgIpc) is 2.59. The van der Waals surface area contributed by atoms with Gasteiger partial charge in [0.15, 0.2) is 0 Å². The third kappa shape index (κ3) is 3.71.